The maximum absolute atomic E-state index is 12.3. The predicted molar refractivity (Wildman–Crippen MR) is 154 cm³/mol. The normalized spacial score (nSPS) is 10.4. The first-order chi connectivity index (χ1) is 20.5. The van der Waals surface area contributed by atoms with Crippen LogP contribution in [0.25, 0.3) is 0 Å². The number of hydrogen-bond donors (Lipinski definition) is 0. The molecule has 0 aliphatic rings. The fourth-order valence-electron chi connectivity index (χ4n) is 3.80. The van der Waals surface area contributed by atoms with Gasteiger partial charge in [0.1, 0.15) is 13.2 Å². The molecule has 0 heterocycles. The van der Waals surface area contributed by atoms with Gasteiger partial charge in [0, 0.05) is 0 Å². The molecule has 8 heteroatoms. The third-order valence-electron chi connectivity index (χ3n) is 6.14. The highest BCUT2D eigenvalue weighted by atomic mass is 16.5. The van der Waals surface area contributed by atoms with Crippen molar-refractivity contribution < 1.29 is 38.1 Å². The average Bonchev–Trinajstić information content (AvgIpc) is 3.05. The number of rotatable bonds is 13. The van der Waals surface area contributed by atoms with Gasteiger partial charge in [-0.15, -0.1) is 0 Å². The van der Waals surface area contributed by atoms with Gasteiger partial charge in [-0.25, -0.2) is 19.2 Å². The number of esters is 4. The summed E-state index contributed by atoms with van der Waals surface area (Å²) in [6.45, 7) is 0.627. The summed E-state index contributed by atoms with van der Waals surface area (Å²) >= 11 is 0. The van der Waals surface area contributed by atoms with Gasteiger partial charge in [0.2, 0.25) is 0 Å². The minimum atomic E-state index is -0.515. The van der Waals surface area contributed by atoms with E-state index in [2.05, 4.69) is 0 Å². The summed E-state index contributed by atoms with van der Waals surface area (Å²) in [6.07, 6.45) is 0.990. The molecule has 8 nitrogen and oxygen atoms in total. The zero-order valence-electron chi connectivity index (χ0n) is 22.9. The first-order valence-corrected chi connectivity index (χ1v) is 13.5. The van der Waals surface area contributed by atoms with Crippen LogP contribution in [0.5, 0.6) is 0 Å². The van der Waals surface area contributed by atoms with E-state index in [1.165, 1.54) is 48.5 Å². The highest BCUT2D eigenvalue weighted by molar-refractivity contribution is 5.94. The Morgan fingerprint density at radius 1 is 0.381 bits per heavy atom. The molecule has 0 fully saturated rings. The second-order valence-electron chi connectivity index (χ2n) is 9.26. The monoisotopic (exact) mass is 566 g/mol. The molecule has 0 N–H and O–H groups in total. The van der Waals surface area contributed by atoms with Crippen LogP contribution in [0.3, 0.4) is 0 Å². The molecule has 0 saturated heterocycles. The molecule has 0 bridgehead atoms. The van der Waals surface area contributed by atoms with Gasteiger partial charge in [0.25, 0.3) is 0 Å². The van der Waals surface area contributed by atoms with Crippen LogP contribution in [0.15, 0.2) is 109 Å². The third-order valence-corrected chi connectivity index (χ3v) is 6.14. The Morgan fingerprint density at radius 2 is 0.667 bits per heavy atom. The van der Waals surface area contributed by atoms with Crippen LogP contribution >= 0.6 is 0 Å². The van der Waals surface area contributed by atoms with Crippen LogP contribution in [0.2, 0.25) is 0 Å². The van der Waals surface area contributed by atoms with Gasteiger partial charge in [-0.3, -0.25) is 0 Å². The summed E-state index contributed by atoms with van der Waals surface area (Å²) in [7, 11) is 0. The van der Waals surface area contributed by atoms with Crippen LogP contribution < -0.4 is 0 Å². The molecule has 0 amide bonds. The fourth-order valence-corrected chi connectivity index (χ4v) is 3.80. The first-order valence-electron chi connectivity index (χ1n) is 13.5. The topological polar surface area (TPSA) is 105 Å². The van der Waals surface area contributed by atoms with Crippen molar-refractivity contribution in [3.63, 3.8) is 0 Å². The summed E-state index contributed by atoms with van der Waals surface area (Å²) in [5.41, 5.74) is 3.06. The lowest BCUT2D eigenvalue weighted by Gasteiger charge is -2.08. The molecule has 0 saturated carbocycles. The van der Waals surface area contributed by atoms with Gasteiger partial charge in [-0.1, -0.05) is 60.7 Å². The third kappa shape index (κ3) is 9.16. The largest absolute Gasteiger partial charge is 0.462 e. The molecule has 0 aliphatic heterocycles. The van der Waals surface area contributed by atoms with Crippen molar-refractivity contribution in [1.82, 2.24) is 0 Å². The predicted octanol–water partition coefficient (Wildman–Crippen LogP) is 6.19. The molecular formula is C34H30O8. The van der Waals surface area contributed by atoms with Crippen molar-refractivity contribution in [2.45, 2.75) is 26.1 Å². The Bertz CT molecular complexity index is 1350. The van der Waals surface area contributed by atoms with Gasteiger partial charge in [0.05, 0.1) is 35.5 Å². The van der Waals surface area contributed by atoms with E-state index in [1.807, 2.05) is 60.7 Å². The van der Waals surface area contributed by atoms with E-state index in [-0.39, 0.29) is 26.4 Å². The smallest absolute Gasteiger partial charge is 0.338 e. The molecule has 4 aromatic rings. The number of carbonyl (C=O) groups is 4. The molecule has 4 rings (SSSR count). The van der Waals surface area contributed by atoms with Crippen LogP contribution in [-0.2, 0) is 32.2 Å². The molecule has 0 aromatic heterocycles. The molecule has 214 valence electrons. The Morgan fingerprint density at radius 3 is 0.976 bits per heavy atom. The molecular weight excluding hydrogens is 536 g/mol. The van der Waals surface area contributed by atoms with Crippen LogP contribution in [-0.4, -0.2) is 37.1 Å². The maximum Gasteiger partial charge on any atom is 0.338 e. The van der Waals surface area contributed by atoms with Gasteiger partial charge in [-0.2, -0.15) is 0 Å². The van der Waals surface area contributed by atoms with E-state index in [9.17, 15) is 19.2 Å². The van der Waals surface area contributed by atoms with Crippen LogP contribution in [0.1, 0.15) is 65.4 Å². The Balaban J connectivity index is 1.10. The van der Waals surface area contributed by atoms with Crippen LogP contribution in [0, 0.1) is 0 Å². The maximum atomic E-state index is 12.3. The summed E-state index contributed by atoms with van der Waals surface area (Å²) in [4.78, 5) is 49.0. The van der Waals surface area contributed by atoms with Crippen molar-refractivity contribution in [2.75, 3.05) is 13.2 Å². The Hall–Kier alpha value is -5.24. The lowest BCUT2D eigenvalue weighted by Crippen LogP contribution is -2.10. The summed E-state index contributed by atoms with van der Waals surface area (Å²) in [5, 5.41) is 0. The van der Waals surface area contributed by atoms with E-state index in [1.54, 1.807) is 0 Å². The van der Waals surface area contributed by atoms with Gasteiger partial charge < -0.3 is 18.9 Å². The minimum absolute atomic E-state index is 0.150. The molecule has 42 heavy (non-hydrogen) atoms. The van der Waals surface area contributed by atoms with Crippen LogP contribution in [0.4, 0.5) is 0 Å². The number of unbranched alkanes of at least 4 members (excludes halogenated alkanes) is 1. The van der Waals surface area contributed by atoms with E-state index in [0.717, 1.165) is 11.1 Å². The van der Waals surface area contributed by atoms with Crippen molar-refractivity contribution >= 4 is 23.9 Å². The molecule has 0 radical (unpaired) electrons. The number of ether oxygens (including phenoxy) is 4. The first kappa shape index (κ1) is 29.7. The zero-order chi connectivity index (χ0) is 29.6. The van der Waals surface area contributed by atoms with E-state index in [0.29, 0.717) is 35.1 Å². The molecule has 0 aliphatic carbocycles. The Labute approximate surface area is 243 Å². The lowest BCUT2D eigenvalue weighted by molar-refractivity contribution is 0.0431. The fraction of sp³-hybridized carbons (Fsp3) is 0.176. The number of carbonyl (C=O) groups excluding carboxylic acids is 4. The van der Waals surface area contributed by atoms with E-state index >= 15 is 0 Å². The standard InChI is InChI=1S/C34H30O8/c35-31(27-13-17-29(18-14-27)33(37)41-23-25-9-3-1-4-10-25)39-21-7-8-22-40-32(36)28-15-19-30(20-16-28)34(38)42-24-26-11-5-2-6-12-26/h1-6,9-20H,7-8,21-24H2. The number of benzene rings is 4. The Kier molecular flexibility index (Phi) is 11.0. The van der Waals surface area contributed by atoms with Crippen molar-refractivity contribution in [3.05, 3.63) is 143 Å². The van der Waals surface area contributed by atoms with Crippen molar-refractivity contribution in [3.8, 4) is 0 Å². The average molecular weight is 567 g/mol. The quantitative estimate of drug-likeness (QED) is 0.107. The molecule has 0 spiro atoms. The van der Waals surface area contributed by atoms with Gasteiger partial charge >= 0.3 is 23.9 Å². The second kappa shape index (κ2) is 15.5. The summed E-state index contributed by atoms with van der Waals surface area (Å²) < 4.78 is 21.1. The van der Waals surface area contributed by atoms with E-state index in [4.69, 9.17) is 18.9 Å². The van der Waals surface area contributed by atoms with Gasteiger partial charge in [-0.05, 0) is 72.5 Å². The zero-order valence-corrected chi connectivity index (χ0v) is 22.9. The van der Waals surface area contributed by atoms with Gasteiger partial charge in [0.15, 0.2) is 0 Å². The number of hydrogen-bond acceptors (Lipinski definition) is 8. The summed E-state index contributed by atoms with van der Waals surface area (Å²) in [6, 6.07) is 30.8. The van der Waals surface area contributed by atoms with E-state index < -0.39 is 23.9 Å². The van der Waals surface area contributed by atoms with Crippen molar-refractivity contribution in [1.29, 1.82) is 0 Å². The minimum Gasteiger partial charge on any atom is -0.462 e. The second-order valence-corrected chi connectivity index (χ2v) is 9.26. The molecule has 4 aromatic carbocycles. The highest BCUT2D eigenvalue weighted by Gasteiger charge is 2.13. The SMILES string of the molecule is O=C(OCCCCOC(=O)c1ccc(C(=O)OCc2ccccc2)cc1)c1ccc(C(=O)OCc2ccccc2)cc1. The lowest BCUT2D eigenvalue weighted by atomic mass is 10.1. The van der Waals surface area contributed by atoms with Crippen molar-refractivity contribution in [2.24, 2.45) is 0 Å². The molecule has 0 atom stereocenters. The summed E-state index contributed by atoms with van der Waals surface area (Å²) in [5.74, 6) is -1.99. The molecule has 0 unspecified atom stereocenters. The highest BCUT2D eigenvalue weighted by Crippen LogP contribution is 2.12.